The van der Waals surface area contributed by atoms with Crippen LogP contribution in [0.2, 0.25) is 5.02 Å². The fraction of sp³-hybridized carbons (Fsp3) is 0.250. The van der Waals surface area contributed by atoms with Gasteiger partial charge in [-0.05, 0) is 24.2 Å². The molecule has 21 heavy (non-hydrogen) atoms. The fourth-order valence-electron chi connectivity index (χ4n) is 1.61. The maximum atomic E-state index is 13.8. The summed E-state index contributed by atoms with van der Waals surface area (Å²) in [5.41, 5.74) is 0.387. The number of benzene rings is 1. The van der Waals surface area contributed by atoms with Gasteiger partial charge in [0.05, 0.1) is 9.92 Å². The lowest BCUT2D eigenvalue weighted by Gasteiger charge is -2.10. The summed E-state index contributed by atoms with van der Waals surface area (Å²) >= 11 is 6.99. The van der Waals surface area contributed by atoms with Crippen molar-refractivity contribution in [3.8, 4) is 0 Å². The smallest absolute Gasteiger partial charge is 0.263 e. The molecule has 0 aliphatic rings. The van der Waals surface area contributed by atoms with Gasteiger partial charge in [-0.25, -0.2) is 17.8 Å². The topological polar surface area (TPSA) is 71.1 Å². The van der Waals surface area contributed by atoms with E-state index in [0.717, 1.165) is 17.4 Å². The first-order valence-electron chi connectivity index (χ1n) is 6.05. The van der Waals surface area contributed by atoms with Crippen molar-refractivity contribution >= 4 is 38.1 Å². The van der Waals surface area contributed by atoms with Crippen molar-refractivity contribution in [1.29, 1.82) is 0 Å². The van der Waals surface area contributed by atoms with Crippen LogP contribution < -0.4 is 10.0 Å². The van der Waals surface area contributed by atoms with Crippen LogP contribution in [0.3, 0.4) is 0 Å². The second kappa shape index (κ2) is 6.69. The quantitative estimate of drug-likeness (QED) is 0.841. The number of anilines is 1. The Kier molecular flexibility index (Phi) is 5.15. The number of halogens is 2. The van der Waals surface area contributed by atoms with Gasteiger partial charge >= 0.3 is 0 Å². The zero-order valence-corrected chi connectivity index (χ0v) is 13.4. The monoisotopic (exact) mass is 349 g/mol. The van der Waals surface area contributed by atoms with Crippen molar-refractivity contribution in [3.63, 3.8) is 0 Å². The molecule has 0 atom stereocenters. The Bertz CT molecular complexity index is 720. The van der Waals surface area contributed by atoms with Gasteiger partial charge in [0.2, 0.25) is 0 Å². The Hall–Kier alpha value is -1.22. The van der Waals surface area contributed by atoms with Crippen LogP contribution in [0.15, 0.2) is 28.6 Å². The third-order valence-corrected chi connectivity index (χ3v) is 5.17. The minimum Gasteiger partial charge on any atom is -0.313 e. The maximum absolute atomic E-state index is 13.8. The molecule has 2 rings (SSSR count). The van der Waals surface area contributed by atoms with E-state index in [0.29, 0.717) is 12.1 Å². The molecule has 0 amide bonds. The molecule has 0 saturated heterocycles. The summed E-state index contributed by atoms with van der Waals surface area (Å²) in [6, 6.07) is 2.25. The highest BCUT2D eigenvalue weighted by atomic mass is 35.5. The average Bonchev–Trinajstić information content (AvgIpc) is 2.92. The minimum atomic E-state index is -3.90. The molecule has 0 fully saturated rings. The van der Waals surface area contributed by atoms with E-state index in [9.17, 15) is 12.8 Å². The zero-order chi connectivity index (χ0) is 15.5. The highest BCUT2D eigenvalue weighted by Crippen LogP contribution is 2.26. The van der Waals surface area contributed by atoms with E-state index >= 15 is 0 Å². The van der Waals surface area contributed by atoms with Crippen molar-refractivity contribution < 1.29 is 12.8 Å². The Morgan fingerprint density at radius 3 is 2.81 bits per heavy atom. The summed E-state index contributed by atoms with van der Waals surface area (Å²) in [6.45, 7) is 2.83. The van der Waals surface area contributed by atoms with Crippen molar-refractivity contribution in [2.24, 2.45) is 0 Å². The Morgan fingerprint density at radius 2 is 2.19 bits per heavy atom. The van der Waals surface area contributed by atoms with Gasteiger partial charge in [0.15, 0.2) is 5.13 Å². The molecule has 2 N–H and O–H groups in total. The summed E-state index contributed by atoms with van der Waals surface area (Å²) in [4.78, 5) is 3.65. The number of nitrogens with one attached hydrogen (secondary N) is 2. The number of sulfonamides is 1. The van der Waals surface area contributed by atoms with Crippen LogP contribution in [0.5, 0.6) is 0 Å². The average molecular weight is 350 g/mol. The lowest BCUT2D eigenvalue weighted by molar-refractivity contribution is 0.593. The normalized spacial score (nSPS) is 11.6. The van der Waals surface area contributed by atoms with Crippen molar-refractivity contribution in [2.75, 3.05) is 11.3 Å². The second-order valence-electron chi connectivity index (χ2n) is 4.10. The Labute approximate surface area is 131 Å². The molecule has 0 aliphatic heterocycles. The molecule has 1 aromatic carbocycles. The van der Waals surface area contributed by atoms with Crippen LogP contribution in [0, 0.1) is 5.82 Å². The summed E-state index contributed by atoms with van der Waals surface area (Å²) in [7, 11) is -3.90. The predicted octanol–water partition coefficient (Wildman–Crippen LogP) is 2.85. The van der Waals surface area contributed by atoms with Crippen LogP contribution in [-0.2, 0) is 16.6 Å². The van der Waals surface area contributed by atoms with Gasteiger partial charge < -0.3 is 5.32 Å². The number of aromatic nitrogens is 1. The molecule has 0 radical (unpaired) electrons. The van der Waals surface area contributed by atoms with E-state index in [4.69, 9.17) is 11.6 Å². The van der Waals surface area contributed by atoms with E-state index < -0.39 is 15.8 Å². The van der Waals surface area contributed by atoms with Gasteiger partial charge in [0.25, 0.3) is 10.0 Å². The molecule has 9 heteroatoms. The lowest BCUT2D eigenvalue weighted by atomic mass is 10.2. The van der Waals surface area contributed by atoms with Gasteiger partial charge in [-0.1, -0.05) is 18.5 Å². The van der Waals surface area contributed by atoms with Crippen LogP contribution in [0.4, 0.5) is 9.52 Å². The Balaban J connectivity index is 2.36. The number of hydrogen-bond acceptors (Lipinski definition) is 5. The summed E-state index contributed by atoms with van der Waals surface area (Å²) in [5.74, 6) is -0.772. The van der Waals surface area contributed by atoms with E-state index in [1.165, 1.54) is 12.3 Å². The Morgan fingerprint density at radius 1 is 1.43 bits per heavy atom. The van der Waals surface area contributed by atoms with E-state index in [1.807, 2.05) is 6.92 Å². The first-order valence-corrected chi connectivity index (χ1v) is 8.79. The highest BCUT2D eigenvalue weighted by molar-refractivity contribution is 7.93. The maximum Gasteiger partial charge on any atom is 0.263 e. The largest absolute Gasteiger partial charge is 0.313 e. The zero-order valence-electron chi connectivity index (χ0n) is 11.1. The minimum absolute atomic E-state index is 0.0795. The summed E-state index contributed by atoms with van der Waals surface area (Å²) in [6.07, 6.45) is 1.47. The summed E-state index contributed by atoms with van der Waals surface area (Å²) in [5, 5.41) is 4.76. The SMILES string of the molecule is CCNCc1cc(S(=O)(=O)Nc2nccs2)cc(F)c1Cl. The van der Waals surface area contributed by atoms with Crippen molar-refractivity contribution in [2.45, 2.75) is 18.4 Å². The van der Waals surface area contributed by atoms with Crippen LogP contribution in [0.1, 0.15) is 12.5 Å². The first kappa shape index (κ1) is 16.2. The number of nitrogens with zero attached hydrogens (tertiary/aromatic N) is 1. The standard InChI is InChI=1S/C12H13ClFN3O2S2/c1-2-15-7-8-5-9(6-10(14)11(8)13)21(18,19)17-12-16-3-4-20-12/h3-6,15H,2,7H2,1H3,(H,16,17). The van der Waals surface area contributed by atoms with Gasteiger partial charge in [-0.2, -0.15) is 0 Å². The van der Waals surface area contributed by atoms with Crippen molar-refractivity contribution in [1.82, 2.24) is 10.3 Å². The van der Waals surface area contributed by atoms with Gasteiger partial charge in [0.1, 0.15) is 5.82 Å². The molecule has 0 spiro atoms. The highest BCUT2D eigenvalue weighted by Gasteiger charge is 2.19. The predicted molar refractivity (Wildman–Crippen MR) is 81.7 cm³/mol. The first-order chi connectivity index (χ1) is 9.94. The van der Waals surface area contributed by atoms with Crippen molar-refractivity contribution in [3.05, 3.63) is 40.1 Å². The van der Waals surface area contributed by atoms with Crippen LogP contribution in [0.25, 0.3) is 0 Å². The number of rotatable bonds is 6. The van der Waals surface area contributed by atoms with Crippen LogP contribution >= 0.6 is 22.9 Å². The molecule has 0 bridgehead atoms. The molecule has 1 heterocycles. The lowest BCUT2D eigenvalue weighted by Crippen LogP contribution is -2.16. The molecule has 0 saturated carbocycles. The molecule has 5 nitrogen and oxygen atoms in total. The van der Waals surface area contributed by atoms with E-state index in [2.05, 4.69) is 15.0 Å². The number of thiazole rings is 1. The molecular weight excluding hydrogens is 337 g/mol. The fourth-order valence-corrected chi connectivity index (χ4v) is 3.64. The third-order valence-electron chi connectivity index (χ3n) is 2.61. The van der Waals surface area contributed by atoms with Crippen LogP contribution in [-0.4, -0.2) is 19.9 Å². The molecule has 1 aromatic heterocycles. The molecule has 0 unspecified atom stereocenters. The third kappa shape index (κ3) is 3.91. The molecule has 0 aliphatic carbocycles. The molecule has 114 valence electrons. The van der Waals surface area contributed by atoms with E-state index in [1.54, 1.807) is 5.38 Å². The molecular formula is C12H13ClFN3O2S2. The van der Waals surface area contributed by atoms with E-state index in [-0.39, 0.29) is 21.6 Å². The van der Waals surface area contributed by atoms with Gasteiger partial charge in [-0.3, -0.25) is 4.72 Å². The van der Waals surface area contributed by atoms with Gasteiger partial charge in [-0.15, -0.1) is 11.3 Å². The van der Waals surface area contributed by atoms with Gasteiger partial charge in [0, 0.05) is 18.1 Å². The number of hydrogen-bond donors (Lipinski definition) is 2. The second-order valence-corrected chi connectivity index (χ2v) is 7.06. The summed E-state index contributed by atoms with van der Waals surface area (Å²) < 4.78 is 40.5. The molecule has 2 aromatic rings.